The highest BCUT2D eigenvalue weighted by atomic mass is 16.5. The van der Waals surface area contributed by atoms with E-state index in [4.69, 9.17) is 4.74 Å². The van der Waals surface area contributed by atoms with Crippen LogP contribution in [0.3, 0.4) is 0 Å². The molecule has 2 rings (SSSR count). The van der Waals surface area contributed by atoms with Crippen molar-refractivity contribution in [2.45, 2.75) is 38.3 Å². The molecule has 0 aromatic carbocycles. The number of morpholine rings is 1. The second kappa shape index (κ2) is 5.10. The quantitative estimate of drug-likeness (QED) is 0.684. The van der Waals surface area contributed by atoms with Crippen LogP contribution in [0.1, 0.15) is 26.2 Å². The van der Waals surface area contributed by atoms with Crippen molar-refractivity contribution in [1.82, 2.24) is 10.6 Å². The topological polar surface area (TPSA) is 33.3 Å². The first-order valence-corrected chi connectivity index (χ1v) is 5.96. The third-order valence-corrected chi connectivity index (χ3v) is 3.19. The van der Waals surface area contributed by atoms with Gasteiger partial charge < -0.3 is 15.4 Å². The molecule has 3 atom stereocenters. The van der Waals surface area contributed by atoms with Gasteiger partial charge in [-0.25, -0.2) is 0 Å². The van der Waals surface area contributed by atoms with Crippen molar-refractivity contribution in [2.24, 2.45) is 5.92 Å². The molecule has 3 heteroatoms. The maximum absolute atomic E-state index is 5.63. The van der Waals surface area contributed by atoms with Crippen LogP contribution >= 0.6 is 0 Å². The van der Waals surface area contributed by atoms with Gasteiger partial charge in [0.2, 0.25) is 0 Å². The average Bonchev–Trinajstić information content (AvgIpc) is 2.96. The molecule has 0 bridgehead atoms. The van der Waals surface area contributed by atoms with Gasteiger partial charge in [-0.3, -0.25) is 0 Å². The Hall–Kier alpha value is -0.120. The third kappa shape index (κ3) is 2.94. The standard InChI is InChI=1S/C11H22N2O/c1-2-3-9-6-11(9)13-8-10-7-12-4-5-14-10/h9-13H,2-8H2,1H3. The van der Waals surface area contributed by atoms with Crippen molar-refractivity contribution in [2.75, 3.05) is 26.2 Å². The SMILES string of the molecule is CCCC1CC1NCC1CNCCO1. The van der Waals surface area contributed by atoms with Crippen molar-refractivity contribution in [1.29, 1.82) is 0 Å². The number of hydrogen-bond acceptors (Lipinski definition) is 3. The Labute approximate surface area is 86.6 Å². The summed E-state index contributed by atoms with van der Waals surface area (Å²) in [5.41, 5.74) is 0. The molecule has 2 fully saturated rings. The van der Waals surface area contributed by atoms with Gasteiger partial charge in [-0.2, -0.15) is 0 Å². The maximum atomic E-state index is 5.63. The second-order valence-corrected chi connectivity index (χ2v) is 4.50. The maximum Gasteiger partial charge on any atom is 0.0824 e. The normalized spacial score (nSPS) is 37.1. The van der Waals surface area contributed by atoms with Crippen LogP contribution < -0.4 is 10.6 Å². The van der Waals surface area contributed by atoms with Gasteiger partial charge >= 0.3 is 0 Å². The zero-order valence-electron chi connectivity index (χ0n) is 9.09. The highest BCUT2D eigenvalue weighted by Crippen LogP contribution is 2.34. The van der Waals surface area contributed by atoms with Crippen molar-refractivity contribution in [3.05, 3.63) is 0 Å². The molecule has 1 heterocycles. The van der Waals surface area contributed by atoms with Gasteiger partial charge in [0.15, 0.2) is 0 Å². The van der Waals surface area contributed by atoms with Crippen LogP contribution in [0.25, 0.3) is 0 Å². The van der Waals surface area contributed by atoms with Gasteiger partial charge in [0.05, 0.1) is 12.7 Å². The summed E-state index contributed by atoms with van der Waals surface area (Å²) >= 11 is 0. The predicted octanol–water partition coefficient (Wildman–Crippen LogP) is 0.753. The minimum atomic E-state index is 0.395. The van der Waals surface area contributed by atoms with Gasteiger partial charge in [0.1, 0.15) is 0 Å². The molecule has 3 unspecified atom stereocenters. The zero-order valence-corrected chi connectivity index (χ0v) is 9.09. The summed E-state index contributed by atoms with van der Waals surface area (Å²) in [5, 5.41) is 6.95. The van der Waals surface area contributed by atoms with Gasteiger partial charge in [0.25, 0.3) is 0 Å². The Bertz CT molecular complexity index is 169. The summed E-state index contributed by atoms with van der Waals surface area (Å²) in [4.78, 5) is 0. The summed E-state index contributed by atoms with van der Waals surface area (Å²) in [6.07, 6.45) is 4.49. The number of hydrogen-bond donors (Lipinski definition) is 2. The van der Waals surface area contributed by atoms with Gasteiger partial charge in [0, 0.05) is 25.7 Å². The van der Waals surface area contributed by atoms with Crippen molar-refractivity contribution in [3.8, 4) is 0 Å². The first kappa shape index (κ1) is 10.4. The molecular formula is C11H22N2O. The molecule has 0 radical (unpaired) electrons. The Morgan fingerprint density at radius 1 is 1.50 bits per heavy atom. The fraction of sp³-hybridized carbons (Fsp3) is 1.00. The molecular weight excluding hydrogens is 176 g/mol. The van der Waals surface area contributed by atoms with Crippen LogP contribution in [0.15, 0.2) is 0 Å². The van der Waals surface area contributed by atoms with E-state index in [0.717, 1.165) is 38.2 Å². The molecule has 1 aliphatic heterocycles. The van der Waals surface area contributed by atoms with E-state index in [2.05, 4.69) is 17.6 Å². The number of ether oxygens (including phenoxy) is 1. The van der Waals surface area contributed by atoms with Crippen LogP contribution in [-0.4, -0.2) is 38.4 Å². The van der Waals surface area contributed by atoms with E-state index in [-0.39, 0.29) is 0 Å². The molecule has 1 aliphatic carbocycles. The molecule has 0 spiro atoms. The second-order valence-electron chi connectivity index (χ2n) is 4.50. The lowest BCUT2D eigenvalue weighted by Gasteiger charge is -2.23. The highest BCUT2D eigenvalue weighted by molar-refractivity contribution is 4.93. The molecule has 3 nitrogen and oxygen atoms in total. The molecule has 2 N–H and O–H groups in total. The van der Waals surface area contributed by atoms with E-state index in [9.17, 15) is 0 Å². The number of rotatable bonds is 5. The lowest BCUT2D eigenvalue weighted by molar-refractivity contribution is 0.0288. The Balaban J connectivity index is 1.54. The molecule has 0 amide bonds. The van der Waals surface area contributed by atoms with E-state index in [1.54, 1.807) is 0 Å². The number of nitrogens with one attached hydrogen (secondary N) is 2. The zero-order chi connectivity index (χ0) is 9.80. The summed E-state index contributed by atoms with van der Waals surface area (Å²) in [6.45, 7) is 6.19. The lowest BCUT2D eigenvalue weighted by atomic mass is 10.2. The van der Waals surface area contributed by atoms with Gasteiger partial charge in [-0.05, 0) is 18.8 Å². The van der Waals surface area contributed by atoms with E-state index in [0.29, 0.717) is 6.10 Å². The van der Waals surface area contributed by atoms with Crippen LogP contribution in [0, 0.1) is 5.92 Å². The lowest BCUT2D eigenvalue weighted by Crippen LogP contribution is -2.44. The highest BCUT2D eigenvalue weighted by Gasteiger charge is 2.35. The fourth-order valence-electron chi connectivity index (χ4n) is 2.22. The Morgan fingerprint density at radius 2 is 2.43 bits per heavy atom. The first-order chi connectivity index (χ1) is 6.90. The molecule has 1 saturated heterocycles. The van der Waals surface area contributed by atoms with Crippen LogP contribution in [0.5, 0.6) is 0 Å². The van der Waals surface area contributed by atoms with E-state index in [1.165, 1.54) is 19.3 Å². The van der Waals surface area contributed by atoms with Crippen molar-refractivity contribution in [3.63, 3.8) is 0 Å². The minimum Gasteiger partial charge on any atom is -0.374 e. The predicted molar refractivity (Wildman–Crippen MR) is 57.4 cm³/mol. The summed E-state index contributed by atoms with van der Waals surface area (Å²) in [6, 6.07) is 0.792. The summed E-state index contributed by atoms with van der Waals surface area (Å²) in [7, 11) is 0. The van der Waals surface area contributed by atoms with E-state index >= 15 is 0 Å². The monoisotopic (exact) mass is 198 g/mol. The van der Waals surface area contributed by atoms with Crippen LogP contribution in [-0.2, 0) is 4.74 Å². The average molecular weight is 198 g/mol. The smallest absolute Gasteiger partial charge is 0.0824 e. The first-order valence-electron chi connectivity index (χ1n) is 5.96. The summed E-state index contributed by atoms with van der Waals surface area (Å²) < 4.78 is 5.63. The van der Waals surface area contributed by atoms with Crippen molar-refractivity contribution >= 4 is 0 Å². The minimum absolute atomic E-state index is 0.395. The van der Waals surface area contributed by atoms with E-state index < -0.39 is 0 Å². The largest absolute Gasteiger partial charge is 0.374 e. The molecule has 0 aromatic rings. The van der Waals surface area contributed by atoms with Crippen LogP contribution in [0.2, 0.25) is 0 Å². The van der Waals surface area contributed by atoms with E-state index in [1.807, 2.05) is 0 Å². The molecule has 82 valence electrons. The third-order valence-electron chi connectivity index (χ3n) is 3.19. The van der Waals surface area contributed by atoms with Gasteiger partial charge in [-0.1, -0.05) is 13.3 Å². The Morgan fingerprint density at radius 3 is 3.14 bits per heavy atom. The fourth-order valence-corrected chi connectivity index (χ4v) is 2.22. The summed E-state index contributed by atoms with van der Waals surface area (Å²) in [5.74, 6) is 0.955. The molecule has 0 aromatic heterocycles. The van der Waals surface area contributed by atoms with Gasteiger partial charge in [-0.15, -0.1) is 0 Å². The molecule has 14 heavy (non-hydrogen) atoms. The van der Waals surface area contributed by atoms with Crippen LogP contribution in [0.4, 0.5) is 0 Å². The molecule has 2 aliphatic rings. The molecule has 1 saturated carbocycles. The van der Waals surface area contributed by atoms with Crippen molar-refractivity contribution < 1.29 is 4.74 Å². The Kier molecular flexibility index (Phi) is 3.79.